The second-order valence-electron chi connectivity index (χ2n) is 17.6. The first-order valence-corrected chi connectivity index (χ1v) is 28.6. The highest BCUT2D eigenvalue weighted by molar-refractivity contribution is 8.23. The first kappa shape index (κ1) is 45.4. The molecule has 0 atom stereocenters. The first-order valence-electron chi connectivity index (χ1n) is 18.8. The van der Waals surface area contributed by atoms with Gasteiger partial charge in [0.2, 0.25) is 0 Å². The van der Waals surface area contributed by atoms with E-state index in [4.69, 9.17) is 4.74 Å². The van der Waals surface area contributed by atoms with E-state index in [1.165, 1.54) is 54.2 Å². The molecule has 0 fully saturated rings. The van der Waals surface area contributed by atoms with Gasteiger partial charge in [0, 0.05) is 75.4 Å². The molecule has 6 heterocycles. The fourth-order valence-electron chi connectivity index (χ4n) is 8.26. The van der Waals surface area contributed by atoms with Gasteiger partial charge in [-0.05, 0) is 83.1 Å². The molecule has 320 valence electrons. The zero-order chi connectivity index (χ0) is 43.8. The van der Waals surface area contributed by atoms with Crippen LogP contribution >= 0.6 is 141 Å². The van der Waals surface area contributed by atoms with E-state index in [2.05, 4.69) is 83.1 Å². The SMILES string of the molecule is COC(=O)c1c2c(c(C(O)(c3c4c(c(C(=O)O)c5c3SC(C)(C)S5)SC(C)(C)S4)c3c4c(c(C(=O)O)c5c3SC(C)(C)S5)SC(C)(C)S4)c3c1SC(C)(C)S3)SC(C)(C)S2. The molecule has 0 unspecified atom stereocenters. The van der Waals surface area contributed by atoms with Crippen molar-refractivity contribution in [2.24, 2.45) is 0 Å². The molecule has 3 aromatic carbocycles. The molecule has 0 spiro atoms. The minimum atomic E-state index is -1.98. The van der Waals surface area contributed by atoms with Crippen LogP contribution < -0.4 is 0 Å². The van der Waals surface area contributed by atoms with Crippen LogP contribution in [0.2, 0.25) is 0 Å². The largest absolute Gasteiger partial charge is 0.478 e. The third-order valence-electron chi connectivity index (χ3n) is 10.0. The van der Waals surface area contributed by atoms with Gasteiger partial charge >= 0.3 is 17.9 Å². The number of benzene rings is 3. The quantitative estimate of drug-likeness (QED) is 0.160. The predicted molar refractivity (Wildman–Crippen MR) is 261 cm³/mol. The van der Waals surface area contributed by atoms with Gasteiger partial charge in [-0.1, -0.05) is 0 Å². The number of hydrogen-bond acceptors (Lipinski definition) is 17. The van der Waals surface area contributed by atoms with Crippen molar-refractivity contribution in [1.82, 2.24) is 0 Å². The summed E-state index contributed by atoms with van der Waals surface area (Å²) in [6.45, 7) is 25.3. The lowest BCUT2D eigenvalue weighted by Crippen LogP contribution is -2.35. The predicted octanol–water partition coefficient (Wildman–Crippen LogP) is 14.8. The molecular weight excluding hydrogens is 989 g/mol. The summed E-state index contributed by atoms with van der Waals surface area (Å²) >= 11 is 18.9. The normalized spacial score (nSPS) is 22.5. The minimum Gasteiger partial charge on any atom is -0.478 e. The molecule has 0 saturated heterocycles. The van der Waals surface area contributed by atoms with Crippen LogP contribution in [0, 0.1) is 0 Å². The van der Waals surface area contributed by atoms with Gasteiger partial charge in [-0.3, -0.25) is 0 Å². The van der Waals surface area contributed by atoms with E-state index >= 15 is 5.11 Å². The average molecular weight is 1030 g/mol. The molecule has 60 heavy (non-hydrogen) atoms. The monoisotopic (exact) mass is 1030 g/mol. The van der Waals surface area contributed by atoms with Gasteiger partial charge in [0.25, 0.3) is 0 Å². The van der Waals surface area contributed by atoms with E-state index in [1.807, 2.05) is 0 Å². The summed E-state index contributed by atoms with van der Waals surface area (Å²) in [6, 6.07) is 0. The molecule has 0 aromatic heterocycles. The zero-order valence-electron chi connectivity index (χ0n) is 34.9. The number of hydrogen-bond donors (Lipinski definition) is 3. The molecule has 0 bridgehead atoms. The maximum absolute atomic E-state index is 15.4. The standard InChI is InChI=1S/C41H42O7S12/c1-35(2)49-20-14(32(42)43)21-27(56-36(3,4)50-21)17(26(20)55-35)41(47,18-28-22(51-37(5,6)57-28)15(33(44)45)23-29(18)58-38(7,8)52-23)19-30-24(53-39(9,10)59-30)16(34(46)48-13)25-31(19)60-40(11,12)54-25/h47H,1-13H3,(H,42,43)(H,44,45). The topological polar surface area (TPSA) is 121 Å². The van der Waals surface area contributed by atoms with E-state index in [1.54, 1.807) is 94.1 Å². The summed E-state index contributed by atoms with van der Waals surface area (Å²) in [5, 5.41) is 37.6. The lowest BCUT2D eigenvalue weighted by molar-refractivity contribution is 0.0588. The Balaban J connectivity index is 1.56. The van der Waals surface area contributed by atoms with Gasteiger partial charge in [-0.25, -0.2) is 14.4 Å². The average Bonchev–Trinajstić information content (AvgIpc) is 3.88. The maximum Gasteiger partial charge on any atom is 0.340 e. The van der Waals surface area contributed by atoms with Crippen LogP contribution in [-0.4, -0.2) is 64.8 Å². The van der Waals surface area contributed by atoms with Crippen molar-refractivity contribution in [3.63, 3.8) is 0 Å². The van der Waals surface area contributed by atoms with E-state index in [0.717, 1.165) is 39.2 Å². The van der Waals surface area contributed by atoms with Crippen molar-refractivity contribution >= 4 is 159 Å². The summed E-state index contributed by atoms with van der Waals surface area (Å²) in [5.74, 6) is -2.44. The number of thioether (sulfide) groups is 12. The summed E-state index contributed by atoms with van der Waals surface area (Å²) in [6.07, 6.45) is 0. The second-order valence-corrected chi connectivity index (χ2v) is 38.8. The summed E-state index contributed by atoms with van der Waals surface area (Å²) < 4.78 is 2.76. The number of carbonyl (C=O) groups excluding carboxylic acids is 1. The van der Waals surface area contributed by atoms with Crippen molar-refractivity contribution in [2.75, 3.05) is 7.11 Å². The highest BCUT2D eigenvalue weighted by atomic mass is 32.2. The van der Waals surface area contributed by atoms with Crippen LogP contribution in [-0.2, 0) is 10.3 Å². The van der Waals surface area contributed by atoms with E-state index in [0.29, 0.717) is 41.8 Å². The van der Waals surface area contributed by atoms with Crippen LogP contribution in [0.4, 0.5) is 0 Å². The summed E-state index contributed by atoms with van der Waals surface area (Å²) in [5.41, 5.74) is 1.000. The molecule has 19 heteroatoms. The van der Waals surface area contributed by atoms with Crippen molar-refractivity contribution in [2.45, 2.75) is 172 Å². The number of carboxylic acid groups (broad SMARTS) is 2. The van der Waals surface area contributed by atoms with Gasteiger partial charge in [0.15, 0.2) is 0 Å². The third-order valence-corrected chi connectivity index (χ3v) is 27.1. The Morgan fingerprint density at radius 3 is 0.750 bits per heavy atom. The Morgan fingerprint density at radius 1 is 0.383 bits per heavy atom. The van der Waals surface area contributed by atoms with Crippen LogP contribution in [0.15, 0.2) is 58.7 Å². The molecule has 6 aliphatic heterocycles. The van der Waals surface area contributed by atoms with Gasteiger partial charge < -0.3 is 20.1 Å². The molecule has 6 aliphatic rings. The Morgan fingerprint density at radius 2 is 0.567 bits per heavy atom. The third kappa shape index (κ3) is 7.07. The lowest BCUT2D eigenvalue weighted by atomic mass is 9.78. The smallest absolute Gasteiger partial charge is 0.340 e. The lowest BCUT2D eigenvalue weighted by Gasteiger charge is -2.39. The number of ether oxygens (including phenoxy) is 1. The number of esters is 1. The fourth-order valence-corrected chi connectivity index (χ4v) is 26.2. The minimum absolute atomic E-state index is 0.264. The Bertz CT molecular complexity index is 2310. The summed E-state index contributed by atoms with van der Waals surface area (Å²) in [7, 11) is 1.41. The van der Waals surface area contributed by atoms with Crippen molar-refractivity contribution in [1.29, 1.82) is 0 Å². The number of carboxylic acids is 2. The molecule has 3 aromatic rings. The zero-order valence-corrected chi connectivity index (χ0v) is 44.7. The van der Waals surface area contributed by atoms with Gasteiger partial charge in [0.05, 0.1) is 48.3 Å². The number of carbonyl (C=O) groups is 3. The Kier molecular flexibility index (Phi) is 10.9. The van der Waals surface area contributed by atoms with Crippen molar-refractivity contribution in [3.05, 3.63) is 33.4 Å². The molecule has 0 saturated carbocycles. The Hall–Kier alpha value is 0.230. The molecule has 9 rings (SSSR count). The highest BCUT2D eigenvalue weighted by Crippen LogP contribution is 2.75. The molecule has 3 N–H and O–H groups in total. The number of rotatable bonds is 6. The molecule has 7 nitrogen and oxygen atoms in total. The molecule has 0 radical (unpaired) electrons. The Labute approximate surface area is 401 Å². The van der Waals surface area contributed by atoms with Crippen molar-refractivity contribution in [3.8, 4) is 0 Å². The highest BCUT2D eigenvalue weighted by Gasteiger charge is 2.59. The van der Waals surface area contributed by atoms with E-state index < -0.39 is 48.0 Å². The fraction of sp³-hybridized carbons (Fsp3) is 0.488. The number of aliphatic hydroxyl groups is 1. The number of fused-ring (bicyclic) bond motifs is 6. The van der Waals surface area contributed by atoms with Gasteiger partial charge in [-0.2, -0.15) is 0 Å². The number of aromatic carboxylic acids is 2. The summed E-state index contributed by atoms with van der Waals surface area (Å²) in [4.78, 5) is 49.8. The van der Waals surface area contributed by atoms with E-state index in [-0.39, 0.29) is 11.1 Å². The maximum atomic E-state index is 15.4. The van der Waals surface area contributed by atoms with Crippen molar-refractivity contribution < 1.29 is 34.4 Å². The van der Waals surface area contributed by atoms with Crippen LogP contribution in [0.3, 0.4) is 0 Å². The van der Waals surface area contributed by atoms with Crippen LogP contribution in [0.25, 0.3) is 0 Å². The van der Waals surface area contributed by atoms with Gasteiger partial charge in [-0.15, -0.1) is 141 Å². The van der Waals surface area contributed by atoms with Gasteiger partial charge in [0.1, 0.15) is 5.60 Å². The van der Waals surface area contributed by atoms with E-state index in [9.17, 15) is 24.6 Å². The molecular formula is C41H42O7S12. The van der Waals surface area contributed by atoms with Crippen LogP contribution in [0.5, 0.6) is 0 Å². The van der Waals surface area contributed by atoms with Crippen LogP contribution in [0.1, 0.15) is 131 Å². The molecule has 0 aliphatic carbocycles. The number of methoxy groups -OCH3 is 1. The molecule has 0 amide bonds. The first-order chi connectivity index (χ1) is 27.5. The second kappa shape index (κ2) is 14.4.